The Labute approximate surface area is 63.9 Å². The Morgan fingerprint density at radius 2 is 1.82 bits per heavy atom. The number of hydrogen-bond acceptors (Lipinski definition) is 2. The molecular weight excluding hydrogens is 146 g/mol. The second-order valence-electron chi connectivity index (χ2n) is 2.24. The third-order valence-electron chi connectivity index (χ3n) is 1.29. The van der Waals surface area contributed by atoms with Gasteiger partial charge in [-0.3, -0.25) is 4.79 Å². The third kappa shape index (κ3) is 2.29. The zero-order chi connectivity index (χ0) is 8.27. The quantitative estimate of drug-likeness (QED) is 0.668. The molecular formula is C8H8O3. The summed E-state index contributed by atoms with van der Waals surface area (Å²) in [6, 6.07) is 6.11. The van der Waals surface area contributed by atoms with Gasteiger partial charge in [0.2, 0.25) is 0 Å². The Balaban J connectivity index is 2.74. The van der Waals surface area contributed by atoms with E-state index in [0.717, 1.165) is 0 Å². The van der Waals surface area contributed by atoms with E-state index in [4.69, 9.17) is 10.2 Å². The molecule has 1 aromatic rings. The minimum Gasteiger partial charge on any atom is -0.508 e. The first kappa shape index (κ1) is 7.60. The molecule has 0 amide bonds. The Hall–Kier alpha value is -1.51. The topological polar surface area (TPSA) is 57.5 Å². The summed E-state index contributed by atoms with van der Waals surface area (Å²) in [6.07, 6.45) is 0.000278. The number of aromatic hydroxyl groups is 1. The van der Waals surface area contributed by atoms with Gasteiger partial charge in [-0.05, 0) is 17.7 Å². The van der Waals surface area contributed by atoms with Gasteiger partial charge >= 0.3 is 5.97 Å². The van der Waals surface area contributed by atoms with Crippen LogP contribution in [0, 0.1) is 0 Å². The summed E-state index contributed by atoms with van der Waals surface area (Å²) in [6.45, 7) is 0. The molecule has 0 fully saturated rings. The maximum Gasteiger partial charge on any atom is 0.307 e. The fourth-order valence-corrected chi connectivity index (χ4v) is 0.788. The van der Waals surface area contributed by atoms with Crippen LogP contribution >= 0.6 is 0 Å². The summed E-state index contributed by atoms with van der Waals surface area (Å²) in [5, 5.41) is 17.2. The summed E-state index contributed by atoms with van der Waals surface area (Å²) in [5.74, 6) is -0.713. The first-order valence-electron chi connectivity index (χ1n) is 3.18. The Kier molecular flexibility index (Phi) is 2.11. The number of benzene rings is 1. The number of carbonyl (C=O) groups is 1. The number of hydrogen-bond donors (Lipinski definition) is 2. The van der Waals surface area contributed by atoms with Crippen molar-refractivity contribution in [2.75, 3.05) is 0 Å². The maximum absolute atomic E-state index is 10.2. The fourth-order valence-electron chi connectivity index (χ4n) is 0.788. The van der Waals surface area contributed by atoms with Crippen LogP contribution in [0.2, 0.25) is 0 Å². The van der Waals surface area contributed by atoms with E-state index in [1.807, 2.05) is 0 Å². The molecule has 0 radical (unpaired) electrons. The van der Waals surface area contributed by atoms with Gasteiger partial charge in [-0.15, -0.1) is 0 Å². The Morgan fingerprint density at radius 1 is 1.27 bits per heavy atom. The molecule has 0 aliphatic rings. The highest BCUT2D eigenvalue weighted by atomic mass is 16.4. The van der Waals surface area contributed by atoms with Crippen molar-refractivity contribution < 1.29 is 15.0 Å². The molecule has 0 unspecified atom stereocenters. The highest BCUT2D eigenvalue weighted by Gasteiger charge is 1.98. The van der Waals surface area contributed by atoms with Crippen LogP contribution in [-0.2, 0) is 11.2 Å². The van der Waals surface area contributed by atoms with Gasteiger partial charge in [0.15, 0.2) is 0 Å². The predicted octanol–water partition coefficient (Wildman–Crippen LogP) is 1.02. The highest BCUT2D eigenvalue weighted by Crippen LogP contribution is 2.09. The standard InChI is InChI=1S/C8H8O3/c9-7-3-1-6(2-4-7)5-8(10)11/h1-4,9H,5H2,(H,10,11)/i1+1,6+1. The largest absolute Gasteiger partial charge is 0.508 e. The average molecular weight is 154 g/mol. The zero-order valence-corrected chi connectivity index (χ0v) is 5.82. The Morgan fingerprint density at radius 3 is 2.27 bits per heavy atom. The van der Waals surface area contributed by atoms with Crippen LogP contribution in [0.15, 0.2) is 24.3 Å². The van der Waals surface area contributed by atoms with Crippen LogP contribution in [0.1, 0.15) is 5.56 Å². The molecule has 11 heavy (non-hydrogen) atoms. The molecule has 0 aliphatic heterocycles. The van der Waals surface area contributed by atoms with Gasteiger partial charge in [0.25, 0.3) is 0 Å². The van der Waals surface area contributed by atoms with E-state index >= 15 is 0 Å². The smallest absolute Gasteiger partial charge is 0.307 e. The number of phenolic OH excluding ortho intramolecular Hbond substituents is 1. The van der Waals surface area contributed by atoms with Crippen molar-refractivity contribution in [3.05, 3.63) is 29.8 Å². The van der Waals surface area contributed by atoms with Crippen LogP contribution in [0.3, 0.4) is 0 Å². The van der Waals surface area contributed by atoms with Gasteiger partial charge in [0.1, 0.15) is 5.75 Å². The molecule has 0 spiro atoms. The lowest BCUT2D eigenvalue weighted by atomic mass is 10.4. The van der Waals surface area contributed by atoms with E-state index in [0.29, 0.717) is 5.56 Å². The summed E-state index contributed by atoms with van der Waals surface area (Å²) in [7, 11) is 0. The summed E-state index contributed by atoms with van der Waals surface area (Å²) < 4.78 is 0. The second-order valence-corrected chi connectivity index (χ2v) is 2.24. The molecule has 0 aliphatic carbocycles. The molecule has 2 N–H and O–H groups in total. The first-order chi connectivity index (χ1) is 5.18. The lowest BCUT2D eigenvalue weighted by Crippen LogP contribution is -1.98. The molecule has 1 aromatic carbocycles. The molecule has 0 saturated carbocycles. The Bertz CT molecular complexity index is 251. The molecule has 0 heterocycles. The van der Waals surface area contributed by atoms with Crippen molar-refractivity contribution in [3.63, 3.8) is 0 Å². The normalized spacial score (nSPS) is 9.45. The van der Waals surface area contributed by atoms with E-state index in [-0.39, 0.29) is 12.2 Å². The van der Waals surface area contributed by atoms with Gasteiger partial charge in [0.05, 0.1) is 6.42 Å². The van der Waals surface area contributed by atoms with E-state index in [1.165, 1.54) is 12.1 Å². The molecule has 3 nitrogen and oxygen atoms in total. The average Bonchev–Trinajstić information content (AvgIpc) is 1.93. The zero-order valence-electron chi connectivity index (χ0n) is 5.82. The van der Waals surface area contributed by atoms with Crippen molar-refractivity contribution in [1.29, 1.82) is 0 Å². The van der Waals surface area contributed by atoms with E-state index in [9.17, 15) is 4.79 Å². The highest BCUT2D eigenvalue weighted by molar-refractivity contribution is 5.70. The van der Waals surface area contributed by atoms with Gasteiger partial charge in [0, 0.05) is 0 Å². The van der Waals surface area contributed by atoms with Crippen molar-refractivity contribution in [2.24, 2.45) is 0 Å². The second kappa shape index (κ2) is 3.05. The van der Waals surface area contributed by atoms with Gasteiger partial charge in [-0.2, -0.15) is 0 Å². The van der Waals surface area contributed by atoms with Crippen molar-refractivity contribution >= 4 is 5.97 Å². The number of carboxylic acid groups (broad SMARTS) is 1. The van der Waals surface area contributed by atoms with Crippen LogP contribution in [0.25, 0.3) is 0 Å². The van der Waals surface area contributed by atoms with Crippen molar-refractivity contribution in [3.8, 4) is 5.75 Å². The number of carboxylic acids is 1. The number of rotatable bonds is 2. The molecule has 0 saturated heterocycles. The minimum atomic E-state index is -0.865. The van der Waals surface area contributed by atoms with Crippen LogP contribution in [-0.4, -0.2) is 16.2 Å². The SMILES string of the molecule is O=C(O)C[13c]1ccc(O)c[13cH]1. The van der Waals surface area contributed by atoms with E-state index in [1.54, 1.807) is 12.1 Å². The van der Waals surface area contributed by atoms with Crippen LogP contribution < -0.4 is 0 Å². The fraction of sp³-hybridized carbons (Fsp3) is 0.125. The number of phenols is 1. The summed E-state index contributed by atoms with van der Waals surface area (Å²) >= 11 is 0. The lowest BCUT2D eigenvalue weighted by molar-refractivity contribution is -0.136. The molecule has 1 rings (SSSR count). The molecule has 0 bridgehead atoms. The monoisotopic (exact) mass is 154 g/mol. The van der Waals surface area contributed by atoms with Crippen LogP contribution in [0.5, 0.6) is 5.75 Å². The van der Waals surface area contributed by atoms with Gasteiger partial charge < -0.3 is 10.2 Å². The molecule has 58 valence electrons. The molecule has 0 atom stereocenters. The van der Waals surface area contributed by atoms with Gasteiger partial charge in [-0.25, -0.2) is 0 Å². The first-order valence-corrected chi connectivity index (χ1v) is 3.18. The third-order valence-corrected chi connectivity index (χ3v) is 1.29. The van der Waals surface area contributed by atoms with Crippen molar-refractivity contribution in [1.82, 2.24) is 0 Å². The molecule has 0 aromatic heterocycles. The van der Waals surface area contributed by atoms with E-state index in [2.05, 4.69) is 0 Å². The van der Waals surface area contributed by atoms with Gasteiger partial charge in [-0.1, -0.05) is 12.1 Å². The predicted molar refractivity (Wildman–Crippen MR) is 39.4 cm³/mol. The van der Waals surface area contributed by atoms with Crippen molar-refractivity contribution in [2.45, 2.75) is 6.42 Å². The molecule has 3 heteroatoms. The summed E-state index contributed by atoms with van der Waals surface area (Å²) in [4.78, 5) is 10.2. The minimum absolute atomic E-state index is 0.000278. The van der Waals surface area contributed by atoms with Crippen LogP contribution in [0.4, 0.5) is 0 Å². The maximum atomic E-state index is 10.2. The summed E-state index contributed by atoms with van der Waals surface area (Å²) in [5.41, 5.74) is 0.690. The number of aliphatic carboxylic acids is 1. The van der Waals surface area contributed by atoms with E-state index < -0.39 is 5.97 Å². The lowest BCUT2D eigenvalue weighted by Gasteiger charge is -1.95.